The number of carboxylic acids is 1. The van der Waals surface area contributed by atoms with Crippen molar-refractivity contribution in [3.8, 4) is 16.9 Å². The molecule has 0 saturated heterocycles. The second-order valence-corrected chi connectivity index (χ2v) is 7.65. The number of primary sulfonamides is 1. The van der Waals surface area contributed by atoms with Gasteiger partial charge in [0.1, 0.15) is 5.02 Å². The van der Waals surface area contributed by atoms with Crippen molar-refractivity contribution in [1.29, 1.82) is 0 Å². The summed E-state index contributed by atoms with van der Waals surface area (Å²) in [7, 11) is -3.85. The number of carboxylic acid groups (broad SMARTS) is 1. The van der Waals surface area contributed by atoms with E-state index in [4.69, 9.17) is 28.3 Å². The van der Waals surface area contributed by atoms with Crippen LogP contribution in [0.15, 0.2) is 53.4 Å². The van der Waals surface area contributed by atoms with Crippen LogP contribution in [0.2, 0.25) is 10.0 Å². The van der Waals surface area contributed by atoms with Crippen LogP contribution in [0.4, 0.5) is 0 Å². The third-order valence-corrected chi connectivity index (χ3v) is 5.10. The molecule has 0 spiro atoms. The number of carbonyl (C=O) groups is 1. The Bertz CT molecular complexity index is 1090. The number of nitrogens with zero attached hydrogens (tertiary/aromatic N) is 2. The molecule has 1 heterocycles. The summed E-state index contributed by atoms with van der Waals surface area (Å²) in [5.41, 5.74) is 1.02. The van der Waals surface area contributed by atoms with Crippen molar-refractivity contribution < 1.29 is 18.3 Å². The minimum Gasteiger partial charge on any atom is -0.476 e. The van der Waals surface area contributed by atoms with E-state index in [1.54, 1.807) is 24.3 Å². The van der Waals surface area contributed by atoms with Gasteiger partial charge in [-0.25, -0.2) is 23.0 Å². The van der Waals surface area contributed by atoms with Crippen LogP contribution < -0.4 is 5.14 Å². The Balaban J connectivity index is 2.22. The highest BCUT2D eigenvalue weighted by molar-refractivity contribution is 7.89. The average Bonchev–Trinajstić information content (AvgIpc) is 2.92. The molecule has 0 aliphatic rings. The van der Waals surface area contributed by atoms with Crippen molar-refractivity contribution in [3.05, 3.63) is 64.3 Å². The quantitative estimate of drug-likeness (QED) is 0.683. The van der Waals surface area contributed by atoms with E-state index in [1.807, 2.05) is 0 Å². The van der Waals surface area contributed by atoms with Crippen LogP contribution in [-0.2, 0) is 10.0 Å². The van der Waals surface area contributed by atoms with Crippen LogP contribution in [-0.4, -0.2) is 29.3 Å². The van der Waals surface area contributed by atoms with Gasteiger partial charge < -0.3 is 5.11 Å². The maximum absolute atomic E-state index is 11.4. The lowest BCUT2D eigenvalue weighted by atomic mass is 10.1. The Hall–Kier alpha value is -2.39. The molecule has 1 aromatic heterocycles. The Kier molecular flexibility index (Phi) is 4.76. The summed E-state index contributed by atoms with van der Waals surface area (Å²) in [6.45, 7) is 0. The molecule has 3 rings (SSSR count). The summed E-state index contributed by atoms with van der Waals surface area (Å²) in [5.74, 6) is -1.29. The average molecular weight is 412 g/mol. The van der Waals surface area contributed by atoms with Crippen LogP contribution in [0.5, 0.6) is 0 Å². The van der Waals surface area contributed by atoms with E-state index in [-0.39, 0.29) is 15.6 Å². The molecule has 134 valence electrons. The summed E-state index contributed by atoms with van der Waals surface area (Å²) in [4.78, 5) is 11.3. The largest absolute Gasteiger partial charge is 0.476 e. The molecular formula is C16H11Cl2N3O4S. The van der Waals surface area contributed by atoms with E-state index >= 15 is 0 Å². The summed E-state index contributed by atoms with van der Waals surface area (Å²) >= 11 is 12.1. The van der Waals surface area contributed by atoms with Crippen molar-refractivity contribution >= 4 is 39.2 Å². The van der Waals surface area contributed by atoms with E-state index in [9.17, 15) is 18.3 Å². The topological polar surface area (TPSA) is 115 Å². The fourth-order valence-corrected chi connectivity index (χ4v) is 3.31. The van der Waals surface area contributed by atoms with Crippen LogP contribution in [0.3, 0.4) is 0 Å². The number of nitrogens with two attached hydrogens (primary N) is 1. The standard InChI is InChI=1S/C16H11Cl2N3O4S/c17-10-3-1-9(2-4-10)15-13(18)14(16(22)23)20-21(15)11-5-7-12(8-6-11)26(19,24)25/h1-8H,(H,22,23)(H2,19,24,25). The molecule has 0 saturated carbocycles. The normalized spacial score (nSPS) is 11.5. The Morgan fingerprint density at radius 2 is 1.62 bits per heavy atom. The number of aromatic carboxylic acids is 1. The number of sulfonamides is 1. The van der Waals surface area contributed by atoms with Gasteiger partial charge in [0.2, 0.25) is 10.0 Å². The molecule has 0 aliphatic heterocycles. The zero-order chi connectivity index (χ0) is 19.1. The molecule has 3 N–H and O–H groups in total. The summed E-state index contributed by atoms with van der Waals surface area (Å²) in [5, 5.41) is 18.9. The molecule has 10 heteroatoms. The first-order chi connectivity index (χ1) is 12.2. The molecule has 3 aromatic rings. The molecule has 2 aromatic carbocycles. The van der Waals surface area contributed by atoms with Crippen molar-refractivity contribution in [2.45, 2.75) is 4.90 Å². The first-order valence-electron chi connectivity index (χ1n) is 7.09. The zero-order valence-electron chi connectivity index (χ0n) is 12.9. The Morgan fingerprint density at radius 1 is 1.04 bits per heavy atom. The molecule has 0 bridgehead atoms. The van der Waals surface area contributed by atoms with Gasteiger partial charge >= 0.3 is 5.97 Å². The van der Waals surface area contributed by atoms with Gasteiger partial charge in [0, 0.05) is 10.6 Å². The van der Waals surface area contributed by atoms with E-state index in [2.05, 4.69) is 5.10 Å². The summed E-state index contributed by atoms with van der Waals surface area (Å²) in [6.07, 6.45) is 0. The van der Waals surface area contributed by atoms with E-state index in [0.717, 1.165) is 0 Å². The number of aromatic nitrogens is 2. The minimum atomic E-state index is -3.85. The Morgan fingerprint density at radius 3 is 2.12 bits per heavy atom. The molecule has 0 aliphatic carbocycles. The number of hydrogen-bond donors (Lipinski definition) is 2. The first-order valence-corrected chi connectivity index (χ1v) is 9.39. The smallest absolute Gasteiger partial charge is 0.358 e. The van der Waals surface area contributed by atoms with Gasteiger partial charge in [-0.15, -0.1) is 0 Å². The highest BCUT2D eigenvalue weighted by Crippen LogP contribution is 2.34. The molecular weight excluding hydrogens is 401 g/mol. The van der Waals surface area contributed by atoms with Crippen LogP contribution in [0, 0.1) is 0 Å². The van der Waals surface area contributed by atoms with Crippen molar-refractivity contribution in [2.75, 3.05) is 0 Å². The number of halogens is 2. The monoisotopic (exact) mass is 411 g/mol. The van der Waals surface area contributed by atoms with Crippen LogP contribution in [0.1, 0.15) is 10.5 Å². The maximum atomic E-state index is 11.4. The van der Waals surface area contributed by atoms with Gasteiger partial charge in [-0.05, 0) is 36.4 Å². The molecule has 0 atom stereocenters. The number of hydrogen-bond acceptors (Lipinski definition) is 4. The maximum Gasteiger partial charge on any atom is 0.358 e. The second-order valence-electron chi connectivity index (χ2n) is 5.27. The van der Waals surface area contributed by atoms with Gasteiger partial charge in [0.25, 0.3) is 0 Å². The third kappa shape index (κ3) is 3.45. The van der Waals surface area contributed by atoms with E-state index in [1.165, 1.54) is 28.9 Å². The zero-order valence-corrected chi connectivity index (χ0v) is 15.3. The lowest BCUT2D eigenvalue weighted by Crippen LogP contribution is -2.12. The predicted octanol–water partition coefficient (Wildman–Crippen LogP) is 3.19. The molecule has 0 radical (unpaired) electrons. The van der Waals surface area contributed by atoms with Gasteiger partial charge in [0.15, 0.2) is 5.69 Å². The predicted molar refractivity (Wildman–Crippen MR) is 97.4 cm³/mol. The van der Waals surface area contributed by atoms with Gasteiger partial charge in [-0.2, -0.15) is 5.10 Å². The molecule has 7 nitrogen and oxygen atoms in total. The van der Waals surface area contributed by atoms with Crippen LogP contribution in [0.25, 0.3) is 16.9 Å². The summed E-state index contributed by atoms with van der Waals surface area (Å²) in [6, 6.07) is 12.1. The highest BCUT2D eigenvalue weighted by atomic mass is 35.5. The van der Waals surface area contributed by atoms with Gasteiger partial charge in [-0.1, -0.05) is 35.3 Å². The molecule has 26 heavy (non-hydrogen) atoms. The fourth-order valence-electron chi connectivity index (χ4n) is 2.36. The molecule has 0 amide bonds. The lowest BCUT2D eigenvalue weighted by molar-refractivity contribution is 0.0690. The van der Waals surface area contributed by atoms with E-state index < -0.39 is 16.0 Å². The molecule has 0 fully saturated rings. The van der Waals surface area contributed by atoms with Gasteiger partial charge in [-0.3, -0.25) is 0 Å². The van der Waals surface area contributed by atoms with Crippen molar-refractivity contribution in [1.82, 2.24) is 9.78 Å². The van der Waals surface area contributed by atoms with Crippen molar-refractivity contribution in [3.63, 3.8) is 0 Å². The Labute approximate surface area is 158 Å². The SMILES string of the molecule is NS(=O)(=O)c1ccc(-n2nc(C(=O)O)c(Cl)c2-c2ccc(Cl)cc2)cc1. The fraction of sp³-hybridized carbons (Fsp3) is 0. The summed E-state index contributed by atoms with van der Waals surface area (Å²) < 4.78 is 24.1. The molecule has 0 unspecified atom stereocenters. The highest BCUT2D eigenvalue weighted by Gasteiger charge is 2.23. The third-order valence-electron chi connectivity index (χ3n) is 3.56. The first kappa shape index (κ1) is 18.4. The number of benzene rings is 2. The van der Waals surface area contributed by atoms with Crippen LogP contribution >= 0.6 is 23.2 Å². The van der Waals surface area contributed by atoms with E-state index in [0.29, 0.717) is 22.0 Å². The van der Waals surface area contributed by atoms with Gasteiger partial charge in [0.05, 0.1) is 16.3 Å². The minimum absolute atomic E-state index is 0.0460. The number of rotatable bonds is 4. The lowest BCUT2D eigenvalue weighted by Gasteiger charge is -2.09. The second kappa shape index (κ2) is 6.73. The van der Waals surface area contributed by atoms with Crippen molar-refractivity contribution in [2.24, 2.45) is 5.14 Å².